The van der Waals surface area contributed by atoms with Gasteiger partial charge in [-0.1, -0.05) is 31.2 Å². The summed E-state index contributed by atoms with van der Waals surface area (Å²) in [6.45, 7) is 6.86. The highest BCUT2D eigenvalue weighted by molar-refractivity contribution is 5.52. The van der Waals surface area contributed by atoms with Crippen molar-refractivity contribution in [3.63, 3.8) is 0 Å². The number of fused-ring (bicyclic) bond motifs is 1. The lowest BCUT2D eigenvalue weighted by Gasteiger charge is -2.42. The van der Waals surface area contributed by atoms with Gasteiger partial charge in [-0.2, -0.15) is 0 Å². The van der Waals surface area contributed by atoms with Gasteiger partial charge in [-0.3, -0.25) is 4.90 Å². The van der Waals surface area contributed by atoms with E-state index in [0.717, 1.165) is 24.7 Å². The van der Waals surface area contributed by atoms with Crippen LogP contribution < -0.4 is 4.90 Å². The highest BCUT2D eigenvalue weighted by Gasteiger charge is 2.35. The number of hydrogen-bond acceptors (Lipinski definition) is 2. The van der Waals surface area contributed by atoms with Crippen molar-refractivity contribution in [2.45, 2.75) is 31.7 Å². The maximum atomic E-state index is 13.4. The molecular formula is C22H25FN2. The molecule has 0 radical (unpaired) electrons. The van der Waals surface area contributed by atoms with Gasteiger partial charge in [0, 0.05) is 43.8 Å². The van der Waals surface area contributed by atoms with Crippen LogP contribution in [0.2, 0.25) is 0 Å². The molecule has 5 rings (SSSR count). The molecule has 25 heavy (non-hydrogen) atoms. The predicted molar refractivity (Wildman–Crippen MR) is 99.6 cm³/mol. The average molecular weight is 336 g/mol. The molecule has 0 amide bonds. The number of benzene rings is 2. The van der Waals surface area contributed by atoms with Crippen LogP contribution in [0.1, 0.15) is 42.0 Å². The molecule has 2 aromatic rings. The zero-order valence-electron chi connectivity index (χ0n) is 14.8. The molecule has 0 aromatic heterocycles. The fraction of sp³-hybridized carbons (Fsp3) is 0.455. The van der Waals surface area contributed by atoms with Crippen LogP contribution in [0.15, 0.2) is 42.5 Å². The van der Waals surface area contributed by atoms with E-state index < -0.39 is 0 Å². The van der Waals surface area contributed by atoms with Crippen LogP contribution in [0.4, 0.5) is 10.1 Å². The van der Waals surface area contributed by atoms with E-state index in [1.54, 1.807) is 23.3 Å². The van der Waals surface area contributed by atoms with Crippen molar-refractivity contribution in [3.8, 4) is 0 Å². The third-order valence-electron chi connectivity index (χ3n) is 6.27. The minimum atomic E-state index is -0.148. The standard InChI is InChI=1S/C22H25FN2/c1-15-11-25(12-15)22-8-6-17-9-16(5-7-21(17)22)18-13-24(14-18)20-4-2-3-19(23)10-20/h2-5,7,9-10,15,18,22H,6,8,11-14H2,1H3. The quantitative estimate of drug-likeness (QED) is 0.821. The molecule has 130 valence electrons. The van der Waals surface area contributed by atoms with Gasteiger partial charge in [0.2, 0.25) is 0 Å². The Labute approximate surface area is 149 Å². The molecule has 1 aliphatic carbocycles. The van der Waals surface area contributed by atoms with Crippen LogP contribution in [0.5, 0.6) is 0 Å². The zero-order valence-corrected chi connectivity index (χ0v) is 14.8. The molecule has 1 atom stereocenters. The SMILES string of the molecule is CC1CN(C2CCc3cc(C4CN(c5cccc(F)c5)C4)ccc32)C1. The van der Waals surface area contributed by atoms with Gasteiger partial charge in [0.25, 0.3) is 0 Å². The molecule has 2 aromatic carbocycles. The molecule has 0 bridgehead atoms. The van der Waals surface area contributed by atoms with Gasteiger partial charge in [-0.25, -0.2) is 4.39 Å². The molecular weight excluding hydrogens is 311 g/mol. The summed E-state index contributed by atoms with van der Waals surface area (Å²) in [6.07, 6.45) is 2.50. The van der Waals surface area contributed by atoms with E-state index in [0.29, 0.717) is 12.0 Å². The number of anilines is 1. The second-order valence-corrected chi connectivity index (χ2v) is 8.15. The molecule has 2 nitrogen and oxygen atoms in total. The van der Waals surface area contributed by atoms with E-state index >= 15 is 0 Å². The van der Waals surface area contributed by atoms with Crippen LogP contribution in [0.25, 0.3) is 0 Å². The minimum Gasteiger partial charge on any atom is -0.370 e. The molecule has 3 aliphatic rings. The summed E-state index contributed by atoms with van der Waals surface area (Å²) in [4.78, 5) is 4.91. The summed E-state index contributed by atoms with van der Waals surface area (Å²) in [5.41, 5.74) is 5.59. The summed E-state index contributed by atoms with van der Waals surface area (Å²) >= 11 is 0. The molecule has 2 saturated heterocycles. The minimum absolute atomic E-state index is 0.148. The largest absolute Gasteiger partial charge is 0.370 e. The molecule has 2 fully saturated rings. The van der Waals surface area contributed by atoms with Crippen molar-refractivity contribution in [2.24, 2.45) is 5.92 Å². The highest BCUT2D eigenvalue weighted by Crippen LogP contribution is 2.41. The number of halogens is 1. The Bertz CT molecular complexity index is 790. The monoisotopic (exact) mass is 336 g/mol. The summed E-state index contributed by atoms with van der Waals surface area (Å²) in [7, 11) is 0. The Kier molecular flexibility index (Phi) is 3.60. The van der Waals surface area contributed by atoms with E-state index in [1.165, 1.54) is 37.6 Å². The van der Waals surface area contributed by atoms with Crippen LogP contribution in [0, 0.1) is 11.7 Å². The van der Waals surface area contributed by atoms with Crippen LogP contribution in [-0.2, 0) is 6.42 Å². The number of likely N-dealkylation sites (tertiary alicyclic amines) is 1. The van der Waals surface area contributed by atoms with Crippen molar-refractivity contribution in [1.82, 2.24) is 4.90 Å². The summed E-state index contributed by atoms with van der Waals surface area (Å²) in [5, 5.41) is 0. The normalized spacial score (nSPS) is 24.1. The summed E-state index contributed by atoms with van der Waals surface area (Å²) in [5.74, 6) is 1.30. The van der Waals surface area contributed by atoms with E-state index in [2.05, 4.69) is 34.9 Å². The van der Waals surface area contributed by atoms with Crippen molar-refractivity contribution in [2.75, 3.05) is 31.1 Å². The average Bonchev–Trinajstić information content (AvgIpc) is 2.93. The first-order chi connectivity index (χ1) is 12.2. The topological polar surface area (TPSA) is 6.48 Å². The van der Waals surface area contributed by atoms with Crippen LogP contribution in [-0.4, -0.2) is 31.1 Å². The molecule has 0 N–H and O–H groups in total. The maximum Gasteiger partial charge on any atom is 0.125 e. The van der Waals surface area contributed by atoms with Crippen molar-refractivity contribution >= 4 is 5.69 Å². The highest BCUT2D eigenvalue weighted by atomic mass is 19.1. The summed E-state index contributed by atoms with van der Waals surface area (Å²) in [6, 6.07) is 14.8. The third-order valence-corrected chi connectivity index (χ3v) is 6.27. The number of aryl methyl sites for hydroxylation is 1. The van der Waals surface area contributed by atoms with Gasteiger partial charge >= 0.3 is 0 Å². The lowest BCUT2D eigenvalue weighted by atomic mass is 9.88. The predicted octanol–water partition coefficient (Wildman–Crippen LogP) is 4.37. The van der Waals surface area contributed by atoms with Crippen LogP contribution >= 0.6 is 0 Å². The van der Waals surface area contributed by atoms with Gasteiger partial charge < -0.3 is 4.90 Å². The lowest BCUT2D eigenvalue weighted by Crippen LogP contribution is -2.46. The van der Waals surface area contributed by atoms with Crippen LogP contribution in [0.3, 0.4) is 0 Å². The Morgan fingerprint density at radius 1 is 1.00 bits per heavy atom. The molecule has 2 heterocycles. The number of rotatable bonds is 3. The first-order valence-electron chi connectivity index (χ1n) is 9.54. The molecule has 1 unspecified atom stereocenters. The van der Waals surface area contributed by atoms with Crippen molar-refractivity contribution in [1.29, 1.82) is 0 Å². The first kappa shape index (κ1) is 15.4. The van der Waals surface area contributed by atoms with E-state index in [-0.39, 0.29) is 5.82 Å². The van der Waals surface area contributed by atoms with Gasteiger partial charge in [0.1, 0.15) is 5.82 Å². The Morgan fingerprint density at radius 2 is 1.84 bits per heavy atom. The maximum absolute atomic E-state index is 13.4. The molecule has 3 heteroatoms. The smallest absolute Gasteiger partial charge is 0.125 e. The Hall–Kier alpha value is -1.87. The molecule has 2 aliphatic heterocycles. The van der Waals surface area contributed by atoms with Crippen molar-refractivity contribution in [3.05, 3.63) is 65.0 Å². The Morgan fingerprint density at radius 3 is 2.60 bits per heavy atom. The fourth-order valence-corrected chi connectivity index (χ4v) is 4.82. The molecule has 0 saturated carbocycles. The number of nitrogens with zero attached hydrogens (tertiary/aromatic N) is 2. The van der Waals surface area contributed by atoms with E-state index in [9.17, 15) is 4.39 Å². The van der Waals surface area contributed by atoms with Gasteiger partial charge in [-0.05, 0) is 53.6 Å². The van der Waals surface area contributed by atoms with Crippen molar-refractivity contribution < 1.29 is 4.39 Å². The third kappa shape index (κ3) is 2.65. The fourth-order valence-electron chi connectivity index (χ4n) is 4.82. The first-order valence-corrected chi connectivity index (χ1v) is 9.54. The van der Waals surface area contributed by atoms with E-state index in [1.807, 2.05) is 6.07 Å². The van der Waals surface area contributed by atoms with E-state index in [4.69, 9.17) is 0 Å². The van der Waals surface area contributed by atoms with Gasteiger partial charge in [-0.15, -0.1) is 0 Å². The zero-order chi connectivity index (χ0) is 17.0. The molecule has 0 spiro atoms. The lowest BCUT2D eigenvalue weighted by molar-refractivity contribution is 0.0624. The number of hydrogen-bond donors (Lipinski definition) is 0. The second kappa shape index (κ2) is 5.84. The van der Waals surface area contributed by atoms with Gasteiger partial charge in [0.05, 0.1) is 0 Å². The summed E-state index contributed by atoms with van der Waals surface area (Å²) < 4.78 is 13.4. The Balaban J connectivity index is 1.28. The second-order valence-electron chi connectivity index (χ2n) is 8.15. The van der Waals surface area contributed by atoms with Gasteiger partial charge in [0.15, 0.2) is 0 Å².